The van der Waals surface area contributed by atoms with Crippen LogP contribution in [0, 0.1) is 0 Å². The molecule has 0 aliphatic heterocycles. The van der Waals surface area contributed by atoms with Crippen molar-refractivity contribution in [2.75, 3.05) is 13.7 Å². The summed E-state index contributed by atoms with van der Waals surface area (Å²) in [6.07, 6.45) is -0.582. The summed E-state index contributed by atoms with van der Waals surface area (Å²) in [6, 6.07) is 15.6. The predicted octanol–water partition coefficient (Wildman–Crippen LogP) is 3.87. The van der Waals surface area contributed by atoms with Crippen molar-refractivity contribution in [1.29, 1.82) is 0 Å². The van der Waals surface area contributed by atoms with Crippen LogP contribution in [0.25, 0.3) is 0 Å². The fourth-order valence-electron chi connectivity index (χ4n) is 2.69. The number of nitrogens with one attached hydrogen (secondary N) is 1. The molecule has 4 nitrogen and oxygen atoms in total. The van der Waals surface area contributed by atoms with E-state index in [0.717, 1.165) is 22.6 Å². The molecule has 0 aliphatic rings. The molecule has 0 saturated heterocycles. The van der Waals surface area contributed by atoms with Gasteiger partial charge in [0, 0.05) is 12.1 Å². The number of ether oxygens (including phenoxy) is 2. The lowest BCUT2D eigenvalue weighted by molar-refractivity contribution is 0.130. The zero-order valence-electron chi connectivity index (χ0n) is 14.8. The maximum Gasteiger partial charge on any atom is 0.119 e. The van der Waals surface area contributed by atoms with Gasteiger partial charge in [-0.15, -0.1) is 0 Å². The van der Waals surface area contributed by atoms with Gasteiger partial charge in [-0.05, 0) is 56.2 Å². The van der Waals surface area contributed by atoms with Crippen molar-refractivity contribution >= 4 is 0 Å². The van der Waals surface area contributed by atoms with Crippen molar-refractivity contribution in [3.8, 4) is 11.5 Å². The van der Waals surface area contributed by atoms with Crippen molar-refractivity contribution in [2.45, 2.75) is 39.0 Å². The Labute approximate surface area is 144 Å². The molecule has 0 amide bonds. The Bertz CT molecular complexity index is 610. The minimum Gasteiger partial charge on any atom is -0.497 e. The highest BCUT2D eigenvalue weighted by Gasteiger charge is 2.19. The van der Waals surface area contributed by atoms with Gasteiger partial charge in [-0.2, -0.15) is 0 Å². The average Bonchev–Trinajstić information content (AvgIpc) is 2.62. The van der Waals surface area contributed by atoms with E-state index in [4.69, 9.17) is 9.47 Å². The molecule has 2 rings (SSSR count). The van der Waals surface area contributed by atoms with Crippen LogP contribution in [-0.2, 0) is 0 Å². The smallest absolute Gasteiger partial charge is 0.119 e. The van der Waals surface area contributed by atoms with E-state index in [1.807, 2.05) is 50.2 Å². The number of hydrogen-bond donors (Lipinski definition) is 2. The quantitative estimate of drug-likeness (QED) is 0.772. The normalized spacial score (nSPS) is 14.7. The Morgan fingerprint density at radius 2 is 1.46 bits per heavy atom. The molecule has 0 aromatic heterocycles. The summed E-state index contributed by atoms with van der Waals surface area (Å²) >= 11 is 0. The standard InChI is InChI=1S/C20H27NO3/c1-5-24-19-12-6-16(7-13-19)14(2)21-15(3)20(22)17-8-10-18(23-4)11-9-17/h6-15,20-22H,5H2,1-4H3. The summed E-state index contributed by atoms with van der Waals surface area (Å²) in [6.45, 7) is 6.71. The molecule has 0 aliphatic carbocycles. The lowest BCUT2D eigenvalue weighted by atomic mass is 10.0. The number of aliphatic hydroxyl groups is 1. The predicted molar refractivity (Wildman–Crippen MR) is 96.6 cm³/mol. The number of methoxy groups -OCH3 is 1. The van der Waals surface area contributed by atoms with Gasteiger partial charge < -0.3 is 19.9 Å². The van der Waals surface area contributed by atoms with Crippen molar-refractivity contribution in [1.82, 2.24) is 5.32 Å². The van der Waals surface area contributed by atoms with Crippen LogP contribution in [0.3, 0.4) is 0 Å². The minimum atomic E-state index is -0.582. The van der Waals surface area contributed by atoms with E-state index in [0.29, 0.717) is 6.61 Å². The molecule has 0 saturated carbocycles. The summed E-state index contributed by atoms with van der Waals surface area (Å²) < 4.78 is 10.6. The largest absolute Gasteiger partial charge is 0.497 e. The van der Waals surface area contributed by atoms with E-state index in [-0.39, 0.29) is 12.1 Å². The average molecular weight is 329 g/mol. The first-order chi connectivity index (χ1) is 11.5. The van der Waals surface area contributed by atoms with Crippen LogP contribution in [0.1, 0.15) is 44.0 Å². The van der Waals surface area contributed by atoms with E-state index >= 15 is 0 Å². The van der Waals surface area contributed by atoms with Crippen LogP contribution >= 0.6 is 0 Å². The van der Waals surface area contributed by atoms with Crippen LogP contribution in [0.2, 0.25) is 0 Å². The van der Waals surface area contributed by atoms with Gasteiger partial charge in [0.25, 0.3) is 0 Å². The van der Waals surface area contributed by atoms with Gasteiger partial charge in [0.05, 0.1) is 19.8 Å². The summed E-state index contributed by atoms with van der Waals surface area (Å²) in [7, 11) is 1.63. The Hall–Kier alpha value is -2.04. The molecule has 4 heteroatoms. The molecule has 0 spiro atoms. The Kier molecular flexibility index (Phi) is 6.64. The lowest BCUT2D eigenvalue weighted by Gasteiger charge is -2.25. The van der Waals surface area contributed by atoms with Gasteiger partial charge in [-0.1, -0.05) is 24.3 Å². The SMILES string of the molecule is CCOc1ccc(C(C)NC(C)C(O)c2ccc(OC)cc2)cc1. The first-order valence-corrected chi connectivity index (χ1v) is 8.36. The molecular weight excluding hydrogens is 302 g/mol. The topological polar surface area (TPSA) is 50.7 Å². The number of aliphatic hydroxyl groups excluding tert-OH is 1. The van der Waals surface area contributed by atoms with Gasteiger partial charge in [0.2, 0.25) is 0 Å². The number of rotatable bonds is 8. The van der Waals surface area contributed by atoms with Gasteiger partial charge >= 0.3 is 0 Å². The Balaban J connectivity index is 1.97. The molecule has 2 aromatic carbocycles. The third-order valence-corrected chi connectivity index (χ3v) is 4.13. The number of benzene rings is 2. The molecular formula is C20H27NO3. The minimum absolute atomic E-state index is 0.0834. The molecule has 24 heavy (non-hydrogen) atoms. The maximum absolute atomic E-state index is 10.5. The maximum atomic E-state index is 10.5. The fraction of sp³-hybridized carbons (Fsp3) is 0.400. The third kappa shape index (κ3) is 4.73. The molecule has 0 heterocycles. The summed E-state index contributed by atoms with van der Waals surface area (Å²) in [5.74, 6) is 1.66. The van der Waals surface area contributed by atoms with Crippen LogP contribution in [0.15, 0.2) is 48.5 Å². The second kappa shape index (κ2) is 8.71. The number of hydrogen-bond acceptors (Lipinski definition) is 4. The molecule has 3 unspecified atom stereocenters. The molecule has 2 aromatic rings. The molecule has 3 atom stereocenters. The van der Waals surface area contributed by atoms with Gasteiger partial charge in [-0.25, -0.2) is 0 Å². The first-order valence-electron chi connectivity index (χ1n) is 8.36. The van der Waals surface area contributed by atoms with Crippen molar-refractivity contribution in [3.63, 3.8) is 0 Å². The van der Waals surface area contributed by atoms with Crippen molar-refractivity contribution in [3.05, 3.63) is 59.7 Å². The lowest BCUT2D eigenvalue weighted by Crippen LogP contribution is -2.34. The van der Waals surface area contributed by atoms with Crippen LogP contribution in [-0.4, -0.2) is 24.9 Å². The second-order valence-electron chi connectivity index (χ2n) is 5.90. The molecule has 130 valence electrons. The van der Waals surface area contributed by atoms with Crippen LogP contribution in [0.4, 0.5) is 0 Å². The summed E-state index contributed by atoms with van der Waals surface area (Å²) in [5, 5.41) is 14.0. The third-order valence-electron chi connectivity index (χ3n) is 4.13. The molecule has 0 radical (unpaired) electrons. The highest BCUT2D eigenvalue weighted by Crippen LogP contribution is 2.23. The van der Waals surface area contributed by atoms with E-state index in [1.54, 1.807) is 7.11 Å². The van der Waals surface area contributed by atoms with E-state index in [1.165, 1.54) is 0 Å². The van der Waals surface area contributed by atoms with Crippen molar-refractivity contribution in [2.24, 2.45) is 0 Å². The second-order valence-corrected chi connectivity index (χ2v) is 5.90. The van der Waals surface area contributed by atoms with Crippen LogP contribution in [0.5, 0.6) is 11.5 Å². The summed E-state index contributed by atoms with van der Waals surface area (Å²) in [5.41, 5.74) is 2.03. The Morgan fingerprint density at radius 1 is 0.917 bits per heavy atom. The highest BCUT2D eigenvalue weighted by molar-refractivity contribution is 5.30. The zero-order chi connectivity index (χ0) is 17.5. The Morgan fingerprint density at radius 3 is 2.00 bits per heavy atom. The van der Waals surface area contributed by atoms with Crippen molar-refractivity contribution < 1.29 is 14.6 Å². The van der Waals surface area contributed by atoms with E-state index in [2.05, 4.69) is 24.4 Å². The molecule has 0 fully saturated rings. The van der Waals surface area contributed by atoms with E-state index in [9.17, 15) is 5.11 Å². The van der Waals surface area contributed by atoms with E-state index < -0.39 is 6.10 Å². The monoisotopic (exact) mass is 329 g/mol. The zero-order valence-corrected chi connectivity index (χ0v) is 14.8. The fourth-order valence-corrected chi connectivity index (χ4v) is 2.69. The summed E-state index contributed by atoms with van der Waals surface area (Å²) in [4.78, 5) is 0. The van der Waals surface area contributed by atoms with Crippen LogP contribution < -0.4 is 14.8 Å². The highest BCUT2D eigenvalue weighted by atomic mass is 16.5. The molecule has 2 N–H and O–H groups in total. The van der Waals surface area contributed by atoms with Gasteiger partial charge in [0.15, 0.2) is 0 Å². The first kappa shape index (κ1) is 18.3. The van der Waals surface area contributed by atoms with Gasteiger partial charge in [0.1, 0.15) is 11.5 Å². The van der Waals surface area contributed by atoms with Gasteiger partial charge in [-0.3, -0.25) is 0 Å². The molecule has 0 bridgehead atoms.